The summed E-state index contributed by atoms with van der Waals surface area (Å²) >= 11 is 0. The predicted octanol–water partition coefficient (Wildman–Crippen LogP) is 5.12. The normalized spacial score (nSPS) is 16.6. The van der Waals surface area contributed by atoms with Crippen LogP contribution in [0, 0.1) is 6.92 Å². The van der Waals surface area contributed by atoms with E-state index in [2.05, 4.69) is 15.1 Å². The fourth-order valence-corrected chi connectivity index (χ4v) is 3.62. The van der Waals surface area contributed by atoms with Crippen molar-refractivity contribution in [3.05, 3.63) is 41.3 Å². The van der Waals surface area contributed by atoms with Gasteiger partial charge in [-0.1, -0.05) is 19.3 Å². The first kappa shape index (κ1) is 16.2. The number of halogens is 3. The van der Waals surface area contributed by atoms with E-state index >= 15 is 0 Å². The van der Waals surface area contributed by atoms with Crippen LogP contribution < -0.4 is 0 Å². The molecule has 0 unspecified atom stereocenters. The van der Waals surface area contributed by atoms with Crippen LogP contribution >= 0.6 is 0 Å². The summed E-state index contributed by atoms with van der Waals surface area (Å²) < 4.78 is 39.8. The second-order valence-corrected chi connectivity index (χ2v) is 6.74. The van der Waals surface area contributed by atoms with E-state index in [1.165, 1.54) is 42.5 Å². The van der Waals surface area contributed by atoms with Gasteiger partial charge in [-0.15, -0.1) is 0 Å². The molecule has 1 fully saturated rings. The minimum absolute atomic E-state index is 0.398. The number of hydrogen-bond acceptors (Lipinski definition) is 2. The van der Waals surface area contributed by atoms with Crippen LogP contribution in [-0.2, 0) is 6.18 Å². The summed E-state index contributed by atoms with van der Waals surface area (Å²) in [6, 6.07) is 6.62. The van der Waals surface area contributed by atoms with Crippen LogP contribution in [0.15, 0.2) is 24.3 Å². The number of aryl methyl sites for hydroxylation is 1. The fourth-order valence-electron chi connectivity index (χ4n) is 3.62. The molecule has 1 N–H and O–H groups in total. The Morgan fingerprint density at radius 2 is 1.88 bits per heavy atom. The standard InChI is InChI=1S/C18H19F3N4/c1-11-9-16(18(19,20)21)24-25(11)17-8-7-13-15(23-17)10-14(22-13)12-5-3-2-4-6-12/h7-10,12,22H,2-6H2,1H3. The molecule has 3 aromatic heterocycles. The minimum Gasteiger partial charge on any atom is -0.357 e. The van der Waals surface area contributed by atoms with Crippen LogP contribution in [0.3, 0.4) is 0 Å². The predicted molar refractivity (Wildman–Crippen MR) is 88.8 cm³/mol. The number of hydrogen-bond donors (Lipinski definition) is 1. The Bertz CT molecular complexity index is 901. The SMILES string of the molecule is Cc1cc(C(F)(F)F)nn1-c1ccc2[nH]c(C3CCCCC3)cc2n1. The number of rotatable bonds is 2. The Morgan fingerprint density at radius 3 is 2.56 bits per heavy atom. The van der Waals surface area contributed by atoms with E-state index in [0.29, 0.717) is 17.4 Å². The Kier molecular flexibility index (Phi) is 3.81. The highest BCUT2D eigenvalue weighted by molar-refractivity contribution is 5.77. The van der Waals surface area contributed by atoms with Crippen LogP contribution in [0.5, 0.6) is 0 Å². The van der Waals surface area contributed by atoms with Crippen molar-refractivity contribution >= 4 is 11.0 Å². The third kappa shape index (κ3) is 3.03. The molecule has 1 aliphatic carbocycles. The maximum Gasteiger partial charge on any atom is 0.435 e. The van der Waals surface area contributed by atoms with Gasteiger partial charge in [0.25, 0.3) is 0 Å². The Morgan fingerprint density at radius 1 is 1.12 bits per heavy atom. The van der Waals surface area contributed by atoms with E-state index < -0.39 is 11.9 Å². The average molecular weight is 348 g/mol. The molecule has 1 saturated carbocycles. The van der Waals surface area contributed by atoms with Gasteiger partial charge in [0.15, 0.2) is 11.5 Å². The molecule has 3 heterocycles. The van der Waals surface area contributed by atoms with E-state index in [1.54, 1.807) is 13.0 Å². The van der Waals surface area contributed by atoms with Gasteiger partial charge in [0, 0.05) is 11.4 Å². The summed E-state index contributed by atoms with van der Waals surface area (Å²) in [7, 11) is 0. The number of aromatic nitrogens is 4. The summed E-state index contributed by atoms with van der Waals surface area (Å²) in [6.45, 7) is 1.60. The summed E-state index contributed by atoms with van der Waals surface area (Å²) in [5.74, 6) is 0.921. The smallest absolute Gasteiger partial charge is 0.357 e. The van der Waals surface area contributed by atoms with Gasteiger partial charge in [0.2, 0.25) is 0 Å². The van der Waals surface area contributed by atoms with E-state index in [0.717, 1.165) is 17.1 Å². The van der Waals surface area contributed by atoms with E-state index in [-0.39, 0.29) is 0 Å². The van der Waals surface area contributed by atoms with Gasteiger partial charge in [-0.3, -0.25) is 0 Å². The number of pyridine rings is 1. The summed E-state index contributed by atoms with van der Waals surface area (Å²) in [5.41, 5.74) is 2.35. The fraction of sp³-hybridized carbons (Fsp3) is 0.444. The van der Waals surface area contributed by atoms with Crippen molar-refractivity contribution in [2.75, 3.05) is 0 Å². The molecule has 0 bridgehead atoms. The van der Waals surface area contributed by atoms with Gasteiger partial charge >= 0.3 is 6.18 Å². The molecule has 4 rings (SSSR count). The van der Waals surface area contributed by atoms with Gasteiger partial charge in [-0.2, -0.15) is 18.3 Å². The van der Waals surface area contributed by atoms with Crippen molar-refractivity contribution in [2.45, 2.75) is 51.1 Å². The first-order valence-electron chi connectivity index (χ1n) is 8.56. The van der Waals surface area contributed by atoms with Crippen LogP contribution in [0.25, 0.3) is 16.9 Å². The van der Waals surface area contributed by atoms with Crippen molar-refractivity contribution < 1.29 is 13.2 Å². The zero-order valence-corrected chi connectivity index (χ0v) is 13.9. The molecule has 0 saturated heterocycles. The lowest BCUT2D eigenvalue weighted by Gasteiger charge is -2.20. The van der Waals surface area contributed by atoms with Crippen molar-refractivity contribution in [3.8, 4) is 5.82 Å². The van der Waals surface area contributed by atoms with Crippen LogP contribution in [0.4, 0.5) is 13.2 Å². The molecule has 4 nitrogen and oxygen atoms in total. The molecule has 25 heavy (non-hydrogen) atoms. The van der Waals surface area contributed by atoms with Crippen molar-refractivity contribution in [1.29, 1.82) is 0 Å². The molecule has 7 heteroatoms. The number of aromatic amines is 1. The van der Waals surface area contributed by atoms with Crippen molar-refractivity contribution in [1.82, 2.24) is 19.7 Å². The number of H-pyrrole nitrogens is 1. The Balaban J connectivity index is 1.70. The maximum absolute atomic E-state index is 12.9. The molecule has 1 aliphatic rings. The Hall–Kier alpha value is -2.31. The van der Waals surface area contributed by atoms with Crippen molar-refractivity contribution in [3.63, 3.8) is 0 Å². The van der Waals surface area contributed by atoms with E-state index in [4.69, 9.17) is 0 Å². The molecule has 0 spiro atoms. The second kappa shape index (κ2) is 5.89. The van der Waals surface area contributed by atoms with Crippen LogP contribution in [0.1, 0.15) is 55.1 Å². The van der Waals surface area contributed by atoms with Crippen LogP contribution in [-0.4, -0.2) is 19.7 Å². The summed E-state index contributed by atoms with van der Waals surface area (Å²) in [4.78, 5) is 7.93. The summed E-state index contributed by atoms with van der Waals surface area (Å²) in [6.07, 6.45) is 1.66. The van der Waals surface area contributed by atoms with Gasteiger partial charge in [-0.25, -0.2) is 9.67 Å². The lowest BCUT2D eigenvalue weighted by Crippen LogP contribution is -2.08. The number of nitrogens with one attached hydrogen (secondary N) is 1. The summed E-state index contributed by atoms with van der Waals surface area (Å²) in [5, 5.41) is 3.67. The molecular weight excluding hydrogens is 329 g/mol. The molecular formula is C18H19F3N4. The largest absolute Gasteiger partial charge is 0.435 e. The van der Waals surface area contributed by atoms with Crippen LogP contribution in [0.2, 0.25) is 0 Å². The third-order valence-corrected chi connectivity index (χ3v) is 4.92. The van der Waals surface area contributed by atoms with E-state index in [1.807, 2.05) is 12.1 Å². The first-order valence-corrected chi connectivity index (χ1v) is 8.56. The van der Waals surface area contributed by atoms with Gasteiger partial charge < -0.3 is 4.98 Å². The first-order chi connectivity index (χ1) is 11.9. The number of alkyl halides is 3. The maximum atomic E-state index is 12.9. The zero-order chi connectivity index (χ0) is 17.6. The monoisotopic (exact) mass is 348 g/mol. The molecule has 3 aromatic rings. The molecule has 132 valence electrons. The van der Waals surface area contributed by atoms with Gasteiger partial charge in [0.1, 0.15) is 0 Å². The highest BCUT2D eigenvalue weighted by Gasteiger charge is 2.34. The van der Waals surface area contributed by atoms with Gasteiger partial charge in [-0.05, 0) is 49.9 Å². The molecule has 0 aliphatic heterocycles. The molecule has 0 aromatic carbocycles. The molecule has 0 atom stereocenters. The third-order valence-electron chi connectivity index (χ3n) is 4.92. The molecule has 0 amide bonds. The topological polar surface area (TPSA) is 46.5 Å². The number of nitrogens with zero attached hydrogens (tertiary/aromatic N) is 3. The van der Waals surface area contributed by atoms with E-state index in [9.17, 15) is 13.2 Å². The second-order valence-electron chi connectivity index (χ2n) is 6.74. The minimum atomic E-state index is -4.46. The van der Waals surface area contributed by atoms with Crippen molar-refractivity contribution in [2.24, 2.45) is 0 Å². The highest BCUT2D eigenvalue weighted by Crippen LogP contribution is 2.34. The average Bonchev–Trinajstić information content (AvgIpc) is 3.18. The zero-order valence-electron chi connectivity index (χ0n) is 13.9. The van der Waals surface area contributed by atoms with Gasteiger partial charge in [0.05, 0.1) is 11.0 Å². The Labute approximate surface area is 143 Å². The quantitative estimate of drug-likeness (QED) is 0.698. The number of fused-ring (bicyclic) bond motifs is 1. The lowest BCUT2D eigenvalue weighted by molar-refractivity contribution is -0.141. The molecule has 0 radical (unpaired) electrons. The lowest BCUT2D eigenvalue weighted by atomic mass is 9.87. The highest BCUT2D eigenvalue weighted by atomic mass is 19.4.